The summed E-state index contributed by atoms with van der Waals surface area (Å²) in [5.41, 5.74) is 0.372. The molecule has 1 atom stereocenters. The van der Waals surface area contributed by atoms with Crippen molar-refractivity contribution in [2.45, 2.75) is 0 Å². The van der Waals surface area contributed by atoms with Crippen molar-refractivity contribution in [2.24, 2.45) is 10.9 Å². The van der Waals surface area contributed by atoms with Gasteiger partial charge in [-0.05, 0) is 36.5 Å². The van der Waals surface area contributed by atoms with E-state index >= 15 is 0 Å². The van der Waals surface area contributed by atoms with Gasteiger partial charge in [0, 0.05) is 12.3 Å². The van der Waals surface area contributed by atoms with Crippen LogP contribution in [-0.2, 0) is 9.59 Å². The third-order valence-corrected chi connectivity index (χ3v) is 4.32. The first-order valence-corrected chi connectivity index (χ1v) is 8.39. The third kappa shape index (κ3) is 3.83. The molecular weight excluding hydrogens is 392 g/mol. The average molecular weight is 403 g/mol. The minimum Gasteiger partial charge on any atom is -0.301 e. The van der Waals surface area contributed by atoms with Crippen LogP contribution in [0.2, 0.25) is 5.02 Å². The Labute approximate surface area is 163 Å². The van der Waals surface area contributed by atoms with E-state index < -0.39 is 22.7 Å². The number of hydrogen-bond acceptors (Lipinski definition) is 6. The molecule has 0 aromatic heterocycles. The number of benzene rings is 2. The van der Waals surface area contributed by atoms with Crippen molar-refractivity contribution < 1.29 is 14.5 Å². The van der Waals surface area contributed by atoms with Gasteiger partial charge in [-0.3, -0.25) is 29.6 Å². The molecule has 0 saturated carbocycles. The van der Waals surface area contributed by atoms with E-state index in [1.54, 1.807) is 30.3 Å². The highest BCUT2D eigenvalue weighted by Crippen LogP contribution is 2.29. The number of amides is 2. The van der Waals surface area contributed by atoms with Gasteiger partial charge in [-0.25, -0.2) is 0 Å². The number of anilines is 1. The Bertz CT molecular complexity index is 980. The van der Waals surface area contributed by atoms with Crippen molar-refractivity contribution in [1.82, 2.24) is 5.32 Å². The fraction of sp³-hybridized carbons (Fsp3) is 0.0588. The van der Waals surface area contributed by atoms with Gasteiger partial charge in [-0.2, -0.15) is 0 Å². The van der Waals surface area contributed by atoms with Crippen molar-refractivity contribution in [3.63, 3.8) is 0 Å². The summed E-state index contributed by atoms with van der Waals surface area (Å²) >= 11 is 10.8. The summed E-state index contributed by atoms with van der Waals surface area (Å²) < 4.78 is 0. The minimum absolute atomic E-state index is 0.0250. The van der Waals surface area contributed by atoms with E-state index in [-0.39, 0.29) is 21.5 Å². The van der Waals surface area contributed by atoms with Crippen LogP contribution in [0.4, 0.5) is 17.1 Å². The summed E-state index contributed by atoms with van der Waals surface area (Å²) in [5, 5.41) is 13.3. The van der Waals surface area contributed by atoms with E-state index in [1.807, 2.05) is 0 Å². The lowest BCUT2D eigenvalue weighted by atomic mass is 10.1. The smallest absolute Gasteiger partial charge is 0.290 e. The number of hydrogen-bond donors (Lipinski definition) is 1. The number of nitrogens with zero attached hydrogens (tertiary/aromatic N) is 3. The number of nitro benzene ring substituents is 1. The van der Waals surface area contributed by atoms with Crippen molar-refractivity contribution in [2.75, 3.05) is 4.90 Å². The molecule has 1 aliphatic heterocycles. The lowest BCUT2D eigenvalue weighted by molar-refractivity contribution is -0.384. The molecule has 1 aliphatic rings. The van der Waals surface area contributed by atoms with Gasteiger partial charge in [0.05, 0.1) is 16.3 Å². The van der Waals surface area contributed by atoms with Gasteiger partial charge in [0.15, 0.2) is 11.0 Å². The summed E-state index contributed by atoms with van der Waals surface area (Å²) in [6.07, 6.45) is 1.13. The van der Waals surface area contributed by atoms with Crippen LogP contribution in [0.5, 0.6) is 0 Å². The van der Waals surface area contributed by atoms with Gasteiger partial charge in [-0.1, -0.05) is 29.8 Å². The second-order valence-corrected chi connectivity index (χ2v) is 6.25. The number of halogens is 1. The van der Waals surface area contributed by atoms with Crippen LogP contribution in [0.25, 0.3) is 0 Å². The molecule has 0 unspecified atom stereocenters. The maximum absolute atomic E-state index is 12.8. The first kappa shape index (κ1) is 18.6. The molecule has 0 aliphatic carbocycles. The zero-order valence-electron chi connectivity index (χ0n) is 13.5. The van der Waals surface area contributed by atoms with Crippen molar-refractivity contribution in [3.05, 3.63) is 63.7 Å². The zero-order chi connectivity index (χ0) is 19.6. The Morgan fingerprint density at radius 1 is 1.22 bits per heavy atom. The van der Waals surface area contributed by atoms with Crippen LogP contribution in [0.3, 0.4) is 0 Å². The summed E-state index contributed by atoms with van der Waals surface area (Å²) in [4.78, 5) is 40.5. The molecule has 1 saturated heterocycles. The standard InChI is InChI=1S/C17H11ClN4O4S/c18-13-7-6-10(8-14(13)22(25)26)19-9-12-15(23)20-17(27)21(16(12)24)11-4-2-1-3-5-11/h1-9,12H,(H,20,23,27)/t12-/m1/s1. The Morgan fingerprint density at radius 3 is 2.59 bits per heavy atom. The molecule has 1 N–H and O–H groups in total. The Kier molecular flexibility index (Phi) is 5.24. The largest absolute Gasteiger partial charge is 0.301 e. The molecule has 0 radical (unpaired) electrons. The molecule has 27 heavy (non-hydrogen) atoms. The molecule has 10 heteroatoms. The van der Waals surface area contributed by atoms with Crippen LogP contribution < -0.4 is 10.2 Å². The molecule has 0 spiro atoms. The minimum atomic E-state index is -1.23. The van der Waals surface area contributed by atoms with E-state index in [0.29, 0.717) is 5.69 Å². The second-order valence-electron chi connectivity index (χ2n) is 5.45. The number of carbonyl (C=O) groups excluding carboxylic acids is 2. The van der Waals surface area contributed by atoms with Crippen LogP contribution in [0.15, 0.2) is 53.5 Å². The van der Waals surface area contributed by atoms with Crippen molar-refractivity contribution in [1.29, 1.82) is 0 Å². The maximum atomic E-state index is 12.8. The number of aliphatic imine (C=N–C) groups is 1. The van der Waals surface area contributed by atoms with Gasteiger partial charge < -0.3 is 5.32 Å². The first-order valence-electron chi connectivity index (χ1n) is 7.60. The molecule has 0 bridgehead atoms. The molecule has 8 nitrogen and oxygen atoms in total. The average Bonchev–Trinajstić information content (AvgIpc) is 2.63. The number of carbonyl (C=O) groups is 2. The summed E-state index contributed by atoms with van der Waals surface area (Å²) in [7, 11) is 0. The van der Waals surface area contributed by atoms with Gasteiger partial charge in [0.2, 0.25) is 5.91 Å². The number of para-hydroxylation sites is 1. The van der Waals surface area contributed by atoms with E-state index in [1.165, 1.54) is 17.0 Å². The van der Waals surface area contributed by atoms with E-state index in [9.17, 15) is 19.7 Å². The van der Waals surface area contributed by atoms with Crippen LogP contribution in [0.1, 0.15) is 0 Å². The maximum Gasteiger partial charge on any atom is 0.290 e. The lowest BCUT2D eigenvalue weighted by Crippen LogP contribution is -2.58. The highest BCUT2D eigenvalue weighted by Gasteiger charge is 2.38. The summed E-state index contributed by atoms with van der Waals surface area (Å²) in [6.45, 7) is 0. The molecule has 1 heterocycles. The summed E-state index contributed by atoms with van der Waals surface area (Å²) in [5.74, 6) is -2.42. The van der Waals surface area contributed by atoms with Crippen LogP contribution >= 0.6 is 23.8 Å². The van der Waals surface area contributed by atoms with Crippen LogP contribution in [0, 0.1) is 16.0 Å². The van der Waals surface area contributed by atoms with E-state index in [0.717, 1.165) is 12.3 Å². The molecule has 2 amide bonds. The topological polar surface area (TPSA) is 105 Å². The Morgan fingerprint density at radius 2 is 1.93 bits per heavy atom. The number of nitro groups is 1. The normalized spacial score (nSPS) is 17.3. The van der Waals surface area contributed by atoms with E-state index in [2.05, 4.69) is 10.3 Å². The van der Waals surface area contributed by atoms with Gasteiger partial charge in [0.1, 0.15) is 5.02 Å². The fourth-order valence-corrected chi connectivity index (χ4v) is 2.91. The van der Waals surface area contributed by atoms with Gasteiger partial charge >= 0.3 is 0 Å². The Hall–Kier alpha value is -3.17. The fourth-order valence-electron chi connectivity index (χ4n) is 2.43. The van der Waals surface area contributed by atoms with Crippen LogP contribution in [-0.4, -0.2) is 28.1 Å². The quantitative estimate of drug-likeness (QED) is 0.278. The molecule has 1 fully saturated rings. The van der Waals surface area contributed by atoms with Gasteiger partial charge in [0.25, 0.3) is 11.6 Å². The molecular formula is C17H11ClN4O4S. The monoisotopic (exact) mass is 402 g/mol. The highest BCUT2D eigenvalue weighted by molar-refractivity contribution is 7.80. The molecule has 2 aromatic rings. The zero-order valence-corrected chi connectivity index (χ0v) is 15.1. The van der Waals surface area contributed by atoms with Gasteiger partial charge in [-0.15, -0.1) is 0 Å². The predicted molar refractivity (Wildman–Crippen MR) is 104 cm³/mol. The summed E-state index contributed by atoms with van der Waals surface area (Å²) in [6, 6.07) is 12.5. The predicted octanol–water partition coefficient (Wildman–Crippen LogP) is 3.01. The molecule has 3 rings (SSSR count). The molecule has 2 aromatic carbocycles. The molecule has 136 valence electrons. The van der Waals surface area contributed by atoms with Crippen molar-refractivity contribution >= 4 is 64.0 Å². The first-order chi connectivity index (χ1) is 12.9. The van der Waals surface area contributed by atoms with E-state index in [4.69, 9.17) is 23.8 Å². The Balaban J connectivity index is 1.89. The third-order valence-electron chi connectivity index (χ3n) is 3.72. The number of nitrogens with one attached hydrogen (secondary N) is 1. The lowest BCUT2D eigenvalue weighted by Gasteiger charge is -2.30. The highest BCUT2D eigenvalue weighted by atomic mass is 35.5. The second kappa shape index (κ2) is 7.60. The van der Waals surface area contributed by atoms with Crippen molar-refractivity contribution in [3.8, 4) is 0 Å². The SMILES string of the molecule is O=C1NC(=S)N(c2ccccc2)C(=O)[C@@H]1C=Nc1ccc(Cl)c([N+](=O)[O-])c1. The number of rotatable bonds is 4. The number of thiocarbonyl (C=S) groups is 1.